The minimum atomic E-state index is -0.446. The van der Waals surface area contributed by atoms with Gasteiger partial charge in [-0.2, -0.15) is 0 Å². The summed E-state index contributed by atoms with van der Waals surface area (Å²) in [6.45, 7) is 0. The molecule has 0 amide bonds. The summed E-state index contributed by atoms with van der Waals surface area (Å²) < 4.78 is 44.8. The molecule has 0 fully saturated rings. The summed E-state index contributed by atoms with van der Waals surface area (Å²) in [5, 5.41) is 4.74. The van der Waals surface area contributed by atoms with Crippen LogP contribution in [0.25, 0.3) is 94.4 Å². The second-order valence-electron chi connectivity index (χ2n) is 11.8. The van der Waals surface area contributed by atoms with E-state index in [0.717, 1.165) is 27.8 Å². The van der Waals surface area contributed by atoms with E-state index in [4.69, 9.17) is 16.8 Å². The van der Waals surface area contributed by atoms with Crippen LogP contribution < -0.4 is 0 Å². The zero-order valence-corrected chi connectivity index (χ0v) is 25.0. The molecule has 0 spiro atoms. The second-order valence-corrected chi connectivity index (χ2v) is 11.8. The van der Waals surface area contributed by atoms with Crippen LogP contribution in [-0.4, -0.2) is 14.5 Å². The Kier molecular flexibility index (Phi) is 4.60. The molecule has 0 bridgehead atoms. The number of nitrogens with zero attached hydrogens (tertiary/aromatic N) is 3. The Morgan fingerprint density at radius 3 is 1.85 bits per heavy atom. The molecule has 47 heavy (non-hydrogen) atoms. The summed E-state index contributed by atoms with van der Waals surface area (Å²) in [7, 11) is 0. The lowest BCUT2D eigenvalue weighted by atomic mass is 9.93. The van der Waals surface area contributed by atoms with Gasteiger partial charge in [0.15, 0.2) is 5.82 Å². The number of aromatic nitrogens is 3. The highest BCUT2D eigenvalue weighted by Gasteiger charge is 2.25. The van der Waals surface area contributed by atoms with Gasteiger partial charge in [0.05, 0.1) is 35.0 Å². The summed E-state index contributed by atoms with van der Waals surface area (Å²) in [5.41, 5.74) is 10.1. The van der Waals surface area contributed by atoms with Crippen molar-refractivity contribution in [1.29, 1.82) is 0 Å². The van der Waals surface area contributed by atoms with E-state index in [1.165, 1.54) is 43.8 Å². The molecule has 3 nitrogen and oxygen atoms in total. The fraction of sp³-hybridized carbons (Fsp3) is 0. The maximum Gasteiger partial charge on any atom is 0.162 e. The van der Waals surface area contributed by atoms with Crippen molar-refractivity contribution in [3.63, 3.8) is 0 Å². The third-order valence-corrected chi connectivity index (χ3v) is 9.24. The largest absolute Gasteiger partial charge is 0.308 e. The Bertz CT molecular complexity index is 2940. The van der Waals surface area contributed by atoms with Gasteiger partial charge in [0.25, 0.3) is 0 Å². The van der Waals surface area contributed by atoms with E-state index in [2.05, 4.69) is 83.4 Å². The van der Waals surface area contributed by atoms with Gasteiger partial charge < -0.3 is 4.57 Å². The maximum absolute atomic E-state index is 8.78. The zero-order chi connectivity index (χ0) is 35.2. The van der Waals surface area contributed by atoms with Crippen LogP contribution in [0.2, 0.25) is 0 Å². The molecule has 10 rings (SSSR count). The van der Waals surface area contributed by atoms with Gasteiger partial charge in [-0.15, -0.1) is 0 Å². The van der Waals surface area contributed by atoms with Crippen LogP contribution in [0.3, 0.4) is 0 Å². The molecule has 0 atom stereocenters. The molecule has 1 aliphatic rings. The predicted octanol–water partition coefficient (Wildman–Crippen LogP) is 11.4. The molecule has 0 saturated heterocycles. The van der Waals surface area contributed by atoms with Crippen molar-refractivity contribution >= 4 is 32.6 Å². The monoisotopic (exact) mass is 602 g/mol. The van der Waals surface area contributed by atoms with Gasteiger partial charge >= 0.3 is 0 Å². The predicted molar refractivity (Wildman–Crippen MR) is 195 cm³/mol. The molecule has 9 aromatic rings. The van der Waals surface area contributed by atoms with Gasteiger partial charge in [0.2, 0.25) is 0 Å². The van der Waals surface area contributed by atoms with Crippen molar-refractivity contribution in [3.05, 3.63) is 164 Å². The Morgan fingerprint density at radius 2 is 1.06 bits per heavy atom. The van der Waals surface area contributed by atoms with E-state index >= 15 is 0 Å². The maximum atomic E-state index is 8.78. The number of para-hydroxylation sites is 1. The quantitative estimate of drug-likeness (QED) is 0.201. The molecule has 0 aliphatic heterocycles. The summed E-state index contributed by atoms with van der Waals surface area (Å²) in [6.07, 6.45) is 0. The van der Waals surface area contributed by atoms with Crippen LogP contribution in [-0.2, 0) is 0 Å². The highest BCUT2D eigenvalue weighted by Crippen LogP contribution is 2.50. The van der Waals surface area contributed by atoms with Crippen LogP contribution in [0.1, 0.15) is 6.85 Å². The average molecular weight is 603 g/mol. The average Bonchev–Trinajstić information content (AvgIpc) is 3.47. The van der Waals surface area contributed by atoms with Crippen molar-refractivity contribution in [3.8, 4) is 61.8 Å². The van der Waals surface area contributed by atoms with E-state index in [-0.39, 0.29) is 23.3 Å². The summed E-state index contributed by atoms with van der Waals surface area (Å²) in [6, 6.07) is 43.5. The lowest BCUT2D eigenvalue weighted by Crippen LogP contribution is -2.01. The molecule has 218 valence electrons. The van der Waals surface area contributed by atoms with E-state index in [9.17, 15) is 0 Å². The number of hydrogen-bond acceptors (Lipinski definition) is 2. The lowest BCUT2D eigenvalue weighted by Gasteiger charge is -2.16. The third-order valence-electron chi connectivity index (χ3n) is 9.24. The van der Waals surface area contributed by atoms with Gasteiger partial charge in [-0.3, -0.25) is 0 Å². The topological polar surface area (TPSA) is 30.7 Å². The van der Waals surface area contributed by atoms with Crippen molar-refractivity contribution in [2.75, 3.05) is 0 Å². The number of hydrogen-bond donors (Lipinski definition) is 0. The highest BCUT2D eigenvalue weighted by molar-refractivity contribution is 6.30. The summed E-state index contributed by atoms with van der Waals surface area (Å²) >= 11 is 0. The van der Waals surface area contributed by atoms with Crippen LogP contribution >= 0.6 is 0 Å². The lowest BCUT2D eigenvalue weighted by molar-refractivity contribution is 1.14. The molecular formula is C44H27N3. The first kappa shape index (κ1) is 21.4. The minimum absolute atomic E-state index is 0.0330. The molecule has 7 aromatic carbocycles. The van der Waals surface area contributed by atoms with Crippen LogP contribution in [0, 0.1) is 0 Å². The Balaban J connectivity index is 1.30. The number of fused-ring (bicyclic) bond motifs is 3. The highest BCUT2D eigenvalue weighted by atomic mass is 15.0. The smallest absolute Gasteiger partial charge is 0.162 e. The first-order valence-electron chi connectivity index (χ1n) is 18.1. The van der Waals surface area contributed by atoms with Crippen molar-refractivity contribution < 1.29 is 6.85 Å². The molecular weight excluding hydrogens is 571 g/mol. The van der Waals surface area contributed by atoms with Crippen LogP contribution in [0.15, 0.2) is 164 Å². The normalized spacial score (nSPS) is 13.3. The van der Waals surface area contributed by atoms with Gasteiger partial charge in [0.1, 0.15) is 0 Å². The third kappa shape index (κ3) is 3.87. The zero-order valence-electron chi connectivity index (χ0n) is 30.0. The van der Waals surface area contributed by atoms with Gasteiger partial charge in [-0.05, 0) is 63.4 Å². The van der Waals surface area contributed by atoms with Crippen LogP contribution in [0.4, 0.5) is 0 Å². The minimum Gasteiger partial charge on any atom is -0.308 e. The van der Waals surface area contributed by atoms with Crippen molar-refractivity contribution in [2.24, 2.45) is 0 Å². The first-order valence-corrected chi connectivity index (χ1v) is 15.6. The number of rotatable bonds is 4. The summed E-state index contributed by atoms with van der Waals surface area (Å²) in [4.78, 5) is 10.1. The van der Waals surface area contributed by atoms with Gasteiger partial charge in [-0.25, -0.2) is 9.97 Å². The van der Waals surface area contributed by atoms with Crippen LogP contribution in [0.5, 0.6) is 0 Å². The fourth-order valence-corrected chi connectivity index (χ4v) is 7.28. The first-order chi connectivity index (χ1) is 25.4. The van der Waals surface area contributed by atoms with Gasteiger partial charge in [0, 0.05) is 27.5 Å². The molecule has 2 heterocycles. The fourth-order valence-electron chi connectivity index (χ4n) is 7.28. The molecule has 2 aromatic heterocycles. The Labute approximate surface area is 279 Å². The summed E-state index contributed by atoms with van der Waals surface area (Å²) in [5.74, 6) is 0.379. The standard InChI is InChI=1S/C44H27N3/c1-3-13-28(14-4-1)36-27-37(29-15-5-2-6-16-29)46-44(45-36)35-20-9-10-23-38(35)47-39-24-12-22-34-32-19-8-7-18-31(32)33-21-11-17-30-25-26-40(47)43(41(30)33)42(34)39/h1-27H/i1D,3D,4D,13D,14D. The van der Waals surface area contributed by atoms with E-state index < -0.39 is 18.1 Å². The van der Waals surface area contributed by atoms with E-state index in [0.29, 0.717) is 11.5 Å². The number of benzene rings is 7. The van der Waals surface area contributed by atoms with Crippen molar-refractivity contribution in [2.45, 2.75) is 0 Å². The van der Waals surface area contributed by atoms with Crippen molar-refractivity contribution in [1.82, 2.24) is 14.5 Å². The molecule has 3 heteroatoms. The Hall–Kier alpha value is -6.32. The second kappa shape index (κ2) is 10.1. The van der Waals surface area contributed by atoms with Gasteiger partial charge in [-0.1, -0.05) is 133 Å². The molecule has 1 aliphatic carbocycles. The molecule has 0 unspecified atom stereocenters. The van der Waals surface area contributed by atoms with E-state index in [1.54, 1.807) is 6.07 Å². The molecule has 0 radical (unpaired) electrons. The molecule has 0 N–H and O–H groups in total. The Morgan fingerprint density at radius 1 is 0.447 bits per heavy atom. The SMILES string of the molecule is [2H]c1c([2H])c([2H])c(-c2cc(-c3ccccc3)nc(-c3ccccc3-n3c4cccc5c4c4c6c(cccc6ccc43)-c3ccccc3-5)n2)c([2H])c1[2H]. The van der Waals surface area contributed by atoms with E-state index in [1.807, 2.05) is 48.5 Å². The molecule has 0 saturated carbocycles.